The van der Waals surface area contributed by atoms with Crippen LogP contribution < -0.4 is 0 Å². The van der Waals surface area contributed by atoms with Crippen molar-refractivity contribution in [3.8, 4) is 5.69 Å². The van der Waals surface area contributed by atoms with E-state index in [2.05, 4.69) is 10.3 Å². The summed E-state index contributed by atoms with van der Waals surface area (Å²) in [6, 6.07) is 18.9. The van der Waals surface area contributed by atoms with Crippen LogP contribution in [0, 0.1) is 0 Å². The lowest BCUT2D eigenvalue weighted by Gasteiger charge is -2.05. The third-order valence-corrected chi connectivity index (χ3v) is 3.48. The SMILES string of the molecule is O/N=C(/c1ccccc1)c1cnn(-c2ccccc2)c1Cl. The Morgan fingerprint density at radius 2 is 1.62 bits per heavy atom. The second kappa shape index (κ2) is 5.81. The van der Waals surface area contributed by atoms with E-state index in [9.17, 15) is 5.21 Å². The highest BCUT2D eigenvalue weighted by atomic mass is 35.5. The van der Waals surface area contributed by atoms with Gasteiger partial charge in [-0.05, 0) is 12.1 Å². The lowest BCUT2D eigenvalue weighted by atomic mass is 10.1. The standard InChI is InChI=1S/C16H12ClN3O/c17-16-14(15(19-21)12-7-3-1-4-8-12)11-18-20(16)13-9-5-2-6-10-13/h1-11,21H/b19-15-. The zero-order chi connectivity index (χ0) is 14.7. The molecule has 0 aliphatic heterocycles. The molecule has 0 aliphatic rings. The Hall–Kier alpha value is -2.59. The van der Waals surface area contributed by atoms with Crippen LogP contribution in [-0.4, -0.2) is 20.7 Å². The smallest absolute Gasteiger partial charge is 0.142 e. The predicted octanol–water partition coefficient (Wildman–Crippen LogP) is 3.75. The molecule has 3 aromatic rings. The first-order valence-electron chi connectivity index (χ1n) is 6.38. The van der Waals surface area contributed by atoms with E-state index in [4.69, 9.17) is 11.6 Å². The van der Waals surface area contributed by atoms with Gasteiger partial charge in [0.2, 0.25) is 0 Å². The topological polar surface area (TPSA) is 50.4 Å². The minimum Gasteiger partial charge on any atom is -0.410 e. The van der Waals surface area contributed by atoms with Crippen LogP contribution in [0.15, 0.2) is 72.0 Å². The maximum Gasteiger partial charge on any atom is 0.142 e. The highest BCUT2D eigenvalue weighted by molar-refractivity contribution is 6.34. The van der Waals surface area contributed by atoms with E-state index < -0.39 is 0 Å². The minimum absolute atomic E-state index is 0.391. The Labute approximate surface area is 126 Å². The summed E-state index contributed by atoms with van der Waals surface area (Å²) in [7, 11) is 0. The number of hydrogen-bond acceptors (Lipinski definition) is 3. The van der Waals surface area contributed by atoms with E-state index >= 15 is 0 Å². The van der Waals surface area contributed by atoms with Crippen molar-refractivity contribution in [1.29, 1.82) is 0 Å². The minimum atomic E-state index is 0.391. The van der Waals surface area contributed by atoms with Crippen molar-refractivity contribution in [1.82, 2.24) is 9.78 Å². The van der Waals surface area contributed by atoms with Crippen molar-refractivity contribution in [2.24, 2.45) is 5.16 Å². The van der Waals surface area contributed by atoms with Gasteiger partial charge in [0, 0.05) is 5.56 Å². The molecule has 0 atom stereocenters. The lowest BCUT2D eigenvalue weighted by Crippen LogP contribution is -2.03. The average molecular weight is 298 g/mol. The van der Waals surface area contributed by atoms with Crippen molar-refractivity contribution in [3.63, 3.8) is 0 Å². The number of aromatic nitrogens is 2. The molecule has 0 bridgehead atoms. The fourth-order valence-corrected chi connectivity index (χ4v) is 2.38. The summed E-state index contributed by atoms with van der Waals surface area (Å²) in [5.74, 6) is 0. The molecule has 0 amide bonds. The van der Waals surface area contributed by atoms with Crippen LogP contribution in [0.3, 0.4) is 0 Å². The molecule has 0 aliphatic carbocycles. The Morgan fingerprint density at radius 1 is 1.00 bits per heavy atom. The van der Waals surface area contributed by atoms with Crippen LogP contribution in [0.25, 0.3) is 5.69 Å². The van der Waals surface area contributed by atoms with E-state index in [-0.39, 0.29) is 0 Å². The zero-order valence-electron chi connectivity index (χ0n) is 11.0. The van der Waals surface area contributed by atoms with Gasteiger partial charge in [-0.15, -0.1) is 0 Å². The van der Waals surface area contributed by atoms with Crippen molar-refractivity contribution >= 4 is 17.3 Å². The van der Waals surface area contributed by atoms with Gasteiger partial charge in [-0.1, -0.05) is 65.3 Å². The molecule has 5 heteroatoms. The lowest BCUT2D eigenvalue weighted by molar-refractivity contribution is 0.319. The van der Waals surface area contributed by atoms with Crippen molar-refractivity contribution in [2.75, 3.05) is 0 Å². The fraction of sp³-hybridized carbons (Fsp3) is 0. The number of halogens is 1. The Bertz CT molecular complexity index is 767. The molecular weight excluding hydrogens is 286 g/mol. The summed E-state index contributed by atoms with van der Waals surface area (Å²) >= 11 is 6.39. The fourth-order valence-electron chi connectivity index (χ4n) is 2.10. The van der Waals surface area contributed by atoms with Crippen LogP contribution in [-0.2, 0) is 0 Å². The van der Waals surface area contributed by atoms with Gasteiger partial charge in [0.05, 0.1) is 17.4 Å². The second-order valence-corrected chi connectivity index (χ2v) is 4.77. The molecule has 0 radical (unpaired) electrons. The first kappa shape index (κ1) is 13.4. The van der Waals surface area contributed by atoms with Gasteiger partial charge in [-0.3, -0.25) is 0 Å². The Morgan fingerprint density at radius 3 is 2.24 bits per heavy atom. The maximum atomic E-state index is 9.33. The molecule has 104 valence electrons. The highest BCUT2D eigenvalue weighted by Gasteiger charge is 2.17. The van der Waals surface area contributed by atoms with Crippen LogP contribution in [0.5, 0.6) is 0 Å². The summed E-state index contributed by atoms with van der Waals surface area (Å²) in [6.45, 7) is 0. The van der Waals surface area contributed by atoms with Gasteiger partial charge in [0.25, 0.3) is 0 Å². The molecule has 4 nitrogen and oxygen atoms in total. The monoisotopic (exact) mass is 297 g/mol. The third kappa shape index (κ3) is 2.53. The number of rotatable bonds is 3. The van der Waals surface area contributed by atoms with Gasteiger partial charge in [0.15, 0.2) is 0 Å². The third-order valence-electron chi connectivity index (χ3n) is 3.11. The maximum absolute atomic E-state index is 9.33. The molecule has 1 N–H and O–H groups in total. The normalized spacial score (nSPS) is 11.6. The number of hydrogen-bond donors (Lipinski definition) is 1. The molecule has 0 fully saturated rings. The summed E-state index contributed by atoms with van der Waals surface area (Å²) < 4.78 is 1.60. The molecule has 0 spiro atoms. The molecule has 1 heterocycles. The van der Waals surface area contributed by atoms with E-state index in [0.29, 0.717) is 16.4 Å². The van der Waals surface area contributed by atoms with Crippen LogP contribution >= 0.6 is 11.6 Å². The summed E-state index contributed by atoms with van der Waals surface area (Å²) in [6.07, 6.45) is 1.59. The van der Waals surface area contributed by atoms with E-state index in [1.807, 2.05) is 60.7 Å². The van der Waals surface area contributed by atoms with Crippen molar-refractivity contribution < 1.29 is 5.21 Å². The van der Waals surface area contributed by atoms with E-state index in [0.717, 1.165) is 11.3 Å². The quantitative estimate of drug-likeness (QED) is 0.455. The molecule has 21 heavy (non-hydrogen) atoms. The van der Waals surface area contributed by atoms with Gasteiger partial charge in [0.1, 0.15) is 10.9 Å². The van der Waals surface area contributed by atoms with Gasteiger partial charge in [-0.25, -0.2) is 4.68 Å². The van der Waals surface area contributed by atoms with Crippen molar-refractivity contribution in [3.05, 3.63) is 83.1 Å². The van der Waals surface area contributed by atoms with Gasteiger partial charge in [-0.2, -0.15) is 5.10 Å². The molecule has 3 rings (SSSR count). The largest absolute Gasteiger partial charge is 0.410 e. The van der Waals surface area contributed by atoms with E-state index in [1.54, 1.807) is 10.9 Å². The van der Waals surface area contributed by atoms with Gasteiger partial charge >= 0.3 is 0 Å². The van der Waals surface area contributed by atoms with Gasteiger partial charge < -0.3 is 5.21 Å². The van der Waals surface area contributed by atoms with Crippen LogP contribution in [0.1, 0.15) is 11.1 Å². The van der Waals surface area contributed by atoms with E-state index in [1.165, 1.54) is 0 Å². The molecule has 0 saturated heterocycles. The highest BCUT2D eigenvalue weighted by Crippen LogP contribution is 2.23. The number of benzene rings is 2. The summed E-state index contributed by atoms with van der Waals surface area (Å²) in [4.78, 5) is 0. The number of oxime groups is 1. The second-order valence-electron chi connectivity index (χ2n) is 4.41. The Balaban J connectivity index is 2.07. The average Bonchev–Trinajstić information content (AvgIpc) is 2.92. The number of para-hydroxylation sites is 1. The molecule has 1 aromatic heterocycles. The molecule has 2 aromatic carbocycles. The summed E-state index contributed by atoms with van der Waals surface area (Å²) in [5.41, 5.74) is 2.59. The molecule has 0 unspecified atom stereocenters. The zero-order valence-corrected chi connectivity index (χ0v) is 11.8. The molecule has 0 saturated carbocycles. The van der Waals surface area contributed by atoms with Crippen molar-refractivity contribution in [2.45, 2.75) is 0 Å². The summed E-state index contributed by atoms with van der Waals surface area (Å²) in [5, 5.41) is 17.4. The number of nitrogens with zero attached hydrogens (tertiary/aromatic N) is 3. The first-order chi connectivity index (χ1) is 10.3. The van der Waals surface area contributed by atoms with Crippen LogP contribution in [0.4, 0.5) is 0 Å². The van der Waals surface area contributed by atoms with Crippen LogP contribution in [0.2, 0.25) is 5.15 Å². The predicted molar refractivity (Wildman–Crippen MR) is 82.4 cm³/mol. The first-order valence-corrected chi connectivity index (χ1v) is 6.76. The molecular formula is C16H12ClN3O. The Kier molecular flexibility index (Phi) is 3.71.